The molecule has 10 heteroatoms. The largest absolute Gasteiger partial charge is 0.314 e. The summed E-state index contributed by atoms with van der Waals surface area (Å²) in [6.07, 6.45) is 4.67. The Morgan fingerprint density at radius 1 is 0.708 bits per heavy atom. The molecule has 0 aromatic carbocycles. The molecule has 0 rings (SSSR count). The summed E-state index contributed by atoms with van der Waals surface area (Å²) in [4.78, 5) is 0. The molecule has 0 atom stereocenters. The summed E-state index contributed by atoms with van der Waals surface area (Å²) in [5, 5.41) is 3.12. The van der Waals surface area contributed by atoms with Crippen molar-refractivity contribution in [3.05, 3.63) is 0 Å². The van der Waals surface area contributed by atoms with Gasteiger partial charge < -0.3 is 5.32 Å². The minimum Gasteiger partial charge on any atom is -0.314 e. The van der Waals surface area contributed by atoms with Crippen LogP contribution in [0.1, 0.15) is 52.4 Å². The Morgan fingerprint density at radius 2 is 1.21 bits per heavy atom. The fourth-order valence-corrected chi connectivity index (χ4v) is 3.82. The number of hydrogen-bond acceptors (Lipinski definition) is 7. The molecule has 0 aliphatic heterocycles. The van der Waals surface area contributed by atoms with E-state index < -0.39 is 20.2 Å². The third-order valence-electron chi connectivity index (χ3n) is 2.96. The van der Waals surface area contributed by atoms with Gasteiger partial charge >= 0.3 is 0 Å². The van der Waals surface area contributed by atoms with Crippen molar-refractivity contribution in [3.63, 3.8) is 0 Å². The van der Waals surface area contributed by atoms with Gasteiger partial charge in [0.05, 0.1) is 24.7 Å². The van der Waals surface area contributed by atoms with E-state index in [2.05, 4.69) is 5.32 Å². The molecular weight excluding hydrogens is 378 g/mol. The van der Waals surface area contributed by atoms with Crippen molar-refractivity contribution in [2.75, 3.05) is 37.8 Å². The van der Waals surface area contributed by atoms with Crippen LogP contribution in [0.2, 0.25) is 0 Å². The Kier molecular flexibility index (Phi) is 16.8. The van der Waals surface area contributed by atoms with E-state index in [0.29, 0.717) is 19.4 Å². The quantitative estimate of drug-likeness (QED) is 0.307. The van der Waals surface area contributed by atoms with E-state index in [4.69, 9.17) is 8.37 Å². The van der Waals surface area contributed by atoms with Crippen LogP contribution in [0, 0.1) is 0 Å². The summed E-state index contributed by atoms with van der Waals surface area (Å²) < 4.78 is 54.8. The van der Waals surface area contributed by atoms with Crippen LogP contribution in [0.4, 0.5) is 0 Å². The Bertz CT molecular complexity index is 437. The first-order valence-corrected chi connectivity index (χ1v) is 11.4. The monoisotopic (exact) mass is 409 g/mol. The smallest absolute Gasteiger partial charge is 0.267 e. The molecule has 0 unspecified atom stereocenters. The maximum atomic E-state index is 11.3. The summed E-state index contributed by atoms with van der Waals surface area (Å²) in [5.41, 5.74) is 0. The Balaban J connectivity index is 0. The van der Waals surface area contributed by atoms with Gasteiger partial charge in [-0.1, -0.05) is 26.7 Å². The highest BCUT2D eigenvalue weighted by atomic mass is 35.5. The molecule has 1 N–H and O–H groups in total. The minimum absolute atomic E-state index is 0. The molecule has 0 aromatic heterocycles. The van der Waals surface area contributed by atoms with Crippen molar-refractivity contribution >= 4 is 32.6 Å². The molecule has 0 amide bonds. The molecule has 0 saturated heterocycles. The fourth-order valence-electron chi connectivity index (χ4n) is 1.88. The van der Waals surface area contributed by atoms with Crippen LogP contribution in [0.3, 0.4) is 0 Å². The zero-order chi connectivity index (χ0) is 17.6. The second-order valence-corrected chi connectivity index (χ2v) is 8.85. The second kappa shape index (κ2) is 15.3. The number of rotatable bonds is 16. The van der Waals surface area contributed by atoms with Crippen molar-refractivity contribution in [2.45, 2.75) is 52.4 Å². The van der Waals surface area contributed by atoms with Crippen molar-refractivity contribution in [1.82, 2.24) is 5.32 Å². The van der Waals surface area contributed by atoms with Gasteiger partial charge in [-0.2, -0.15) is 16.8 Å². The number of unbranched alkanes of at least 4 members (excludes halogenated alkanes) is 3. The Labute approximate surface area is 153 Å². The standard InChI is InChI=1S/C14H31NO6S2.ClH/c1-3-13-22(16,17)20-11-8-6-5-7-9-15-10-12-21-23(18,19)14-4-2;/h15H,3-14H2,1-2H3;1H. The molecule has 24 heavy (non-hydrogen) atoms. The SMILES string of the molecule is CCCS(=O)(=O)OCCCCCCNCCOS(=O)(=O)CCC.Cl. The highest BCUT2D eigenvalue weighted by molar-refractivity contribution is 7.86. The first kappa shape index (κ1) is 26.3. The lowest BCUT2D eigenvalue weighted by Crippen LogP contribution is -2.23. The molecule has 0 heterocycles. The van der Waals surface area contributed by atoms with Crippen molar-refractivity contribution in [3.8, 4) is 0 Å². The van der Waals surface area contributed by atoms with Gasteiger partial charge in [-0.3, -0.25) is 8.37 Å². The van der Waals surface area contributed by atoms with Crippen LogP contribution < -0.4 is 5.32 Å². The first-order valence-electron chi connectivity index (χ1n) is 8.28. The lowest BCUT2D eigenvalue weighted by molar-refractivity contribution is 0.305. The maximum absolute atomic E-state index is 11.3. The van der Waals surface area contributed by atoms with Crippen LogP contribution in [-0.4, -0.2) is 54.6 Å². The van der Waals surface area contributed by atoms with Crippen LogP contribution in [0.25, 0.3) is 0 Å². The topological polar surface area (TPSA) is 98.8 Å². The molecule has 0 bridgehead atoms. The highest BCUT2D eigenvalue weighted by Gasteiger charge is 2.09. The van der Waals surface area contributed by atoms with Crippen LogP contribution >= 0.6 is 12.4 Å². The summed E-state index contributed by atoms with van der Waals surface area (Å²) in [6.45, 7) is 5.29. The van der Waals surface area contributed by atoms with Gasteiger partial charge in [0.2, 0.25) is 0 Å². The number of hydrogen-bond donors (Lipinski definition) is 1. The lowest BCUT2D eigenvalue weighted by atomic mass is 10.2. The van der Waals surface area contributed by atoms with Crippen LogP contribution in [-0.2, 0) is 28.6 Å². The maximum Gasteiger partial charge on any atom is 0.267 e. The van der Waals surface area contributed by atoms with E-state index in [9.17, 15) is 16.8 Å². The predicted octanol–water partition coefficient (Wildman–Crippen LogP) is 2.07. The van der Waals surface area contributed by atoms with E-state index in [-0.39, 0.29) is 37.1 Å². The molecule has 0 aliphatic rings. The molecule has 0 fully saturated rings. The average Bonchev–Trinajstić information content (AvgIpc) is 2.44. The Hall–Kier alpha value is 0.0700. The van der Waals surface area contributed by atoms with Crippen molar-refractivity contribution < 1.29 is 25.2 Å². The third-order valence-corrected chi connectivity index (χ3v) is 5.83. The van der Waals surface area contributed by atoms with Gasteiger partial charge in [0.25, 0.3) is 20.2 Å². The van der Waals surface area contributed by atoms with Gasteiger partial charge in [-0.05, 0) is 32.2 Å². The number of halogens is 1. The van der Waals surface area contributed by atoms with E-state index in [0.717, 1.165) is 32.2 Å². The average molecular weight is 410 g/mol. The molecule has 0 aliphatic carbocycles. The lowest BCUT2D eigenvalue weighted by Gasteiger charge is -2.06. The molecule has 0 spiro atoms. The molecule has 7 nitrogen and oxygen atoms in total. The molecule has 0 aromatic rings. The summed E-state index contributed by atoms with van der Waals surface area (Å²) in [7, 11) is -6.69. The second-order valence-electron chi connectivity index (χ2n) is 5.33. The molecular formula is C14H32ClNO6S2. The molecule has 0 saturated carbocycles. The summed E-state index contributed by atoms with van der Waals surface area (Å²) >= 11 is 0. The molecule has 148 valence electrons. The summed E-state index contributed by atoms with van der Waals surface area (Å²) in [6, 6.07) is 0. The van der Waals surface area contributed by atoms with Gasteiger partial charge in [-0.15, -0.1) is 12.4 Å². The van der Waals surface area contributed by atoms with Crippen molar-refractivity contribution in [1.29, 1.82) is 0 Å². The zero-order valence-electron chi connectivity index (χ0n) is 14.7. The molecule has 0 radical (unpaired) electrons. The van der Waals surface area contributed by atoms with Gasteiger partial charge in [-0.25, -0.2) is 0 Å². The van der Waals surface area contributed by atoms with Gasteiger partial charge in [0.15, 0.2) is 0 Å². The van der Waals surface area contributed by atoms with E-state index in [1.807, 2.05) is 0 Å². The predicted molar refractivity (Wildman–Crippen MR) is 98.6 cm³/mol. The third kappa shape index (κ3) is 16.9. The van der Waals surface area contributed by atoms with Crippen molar-refractivity contribution in [2.24, 2.45) is 0 Å². The fraction of sp³-hybridized carbons (Fsp3) is 1.00. The van der Waals surface area contributed by atoms with Gasteiger partial charge in [0, 0.05) is 6.54 Å². The number of nitrogens with one attached hydrogen (secondary N) is 1. The van der Waals surface area contributed by atoms with Crippen LogP contribution in [0.5, 0.6) is 0 Å². The normalized spacial score (nSPS) is 12.1. The zero-order valence-corrected chi connectivity index (χ0v) is 17.1. The van der Waals surface area contributed by atoms with Gasteiger partial charge in [0.1, 0.15) is 0 Å². The first-order chi connectivity index (χ1) is 10.8. The van der Waals surface area contributed by atoms with Crippen LogP contribution in [0.15, 0.2) is 0 Å². The van der Waals surface area contributed by atoms with E-state index in [1.54, 1.807) is 13.8 Å². The minimum atomic E-state index is -3.36. The Morgan fingerprint density at radius 3 is 1.75 bits per heavy atom. The van der Waals surface area contributed by atoms with E-state index in [1.165, 1.54) is 0 Å². The van der Waals surface area contributed by atoms with E-state index >= 15 is 0 Å². The highest BCUT2D eigenvalue weighted by Crippen LogP contribution is 2.03. The summed E-state index contributed by atoms with van der Waals surface area (Å²) in [5.74, 6) is 0.135.